The molecule has 3 heterocycles. The average Bonchev–Trinajstić information content (AvgIpc) is 3.79. The average molecular weight is 1100 g/mol. The van der Waals surface area contributed by atoms with E-state index in [1.54, 1.807) is 0 Å². The van der Waals surface area contributed by atoms with Crippen molar-refractivity contribution in [1.82, 2.24) is 66.3 Å². The van der Waals surface area contributed by atoms with Gasteiger partial charge in [-0.15, -0.1) is 4.52 Å². The molecule has 76 heavy (non-hydrogen) atoms. The Morgan fingerprint density at radius 3 is 1.63 bits per heavy atom. The fraction of sp³-hybridized carbons (Fsp3) is 0.600. The molecule has 2 aromatic heterocycles. The number of aromatic amines is 1. The molecule has 1 saturated heterocycles. The number of anilines is 1. The normalized spacial score (nSPS) is 15.4. The topological polar surface area (TPSA) is 546 Å². The number of nitrogen functional groups attached to an aromatic ring is 1. The summed E-state index contributed by atoms with van der Waals surface area (Å²) in [5, 5.41) is 17.1. The molecular weight excluding hydrogens is 1030 g/mol. The molecule has 0 radical (unpaired) electrons. The van der Waals surface area contributed by atoms with Crippen LogP contribution in [-0.4, -0.2) is 198 Å². The van der Waals surface area contributed by atoms with Crippen molar-refractivity contribution in [3.05, 3.63) is 16.7 Å². The number of carbonyl (C=O) groups is 8. The predicted molar refractivity (Wildman–Crippen MR) is 274 cm³/mol. The summed E-state index contributed by atoms with van der Waals surface area (Å²) in [5.74, 6) is -6.77. The number of morpholine rings is 1. The molecule has 2 aromatic rings. The molecule has 3 rings (SSSR count). The minimum absolute atomic E-state index is 0.0337. The zero-order valence-electron chi connectivity index (χ0n) is 42.2. The fourth-order valence-electron chi connectivity index (χ4n) is 6.92. The highest BCUT2D eigenvalue weighted by molar-refractivity contribution is 7.36. The fourth-order valence-corrected chi connectivity index (χ4v) is 7.44. The Labute approximate surface area is 435 Å². The molecular formula is C40H69N23O12P+. The molecule has 22 N–H and O–H groups in total. The second kappa shape index (κ2) is 31.4. The molecule has 6 atom stereocenters. The van der Waals surface area contributed by atoms with Crippen molar-refractivity contribution in [3.8, 4) is 0 Å². The van der Waals surface area contributed by atoms with E-state index >= 15 is 0 Å². The predicted octanol–water partition coefficient (Wildman–Crippen LogP) is -8.24. The van der Waals surface area contributed by atoms with E-state index in [2.05, 4.69) is 67.1 Å². The van der Waals surface area contributed by atoms with Gasteiger partial charge in [0, 0.05) is 47.2 Å². The van der Waals surface area contributed by atoms with E-state index in [0.29, 0.717) is 0 Å². The number of nitrogens with one attached hydrogen (secondary N) is 8. The number of guanidine groups is 3. The number of hydrogen-bond acceptors (Lipinski definition) is 18. The smallest absolute Gasteiger partial charge is 0.370 e. The molecule has 0 spiro atoms. The van der Waals surface area contributed by atoms with Crippen LogP contribution >= 0.6 is 8.18 Å². The van der Waals surface area contributed by atoms with Crippen molar-refractivity contribution in [2.45, 2.75) is 75.9 Å². The quantitative estimate of drug-likeness (QED) is 0.0144. The second-order valence-electron chi connectivity index (χ2n) is 16.9. The zero-order valence-corrected chi connectivity index (χ0v) is 43.1. The zero-order chi connectivity index (χ0) is 56.5. The minimum Gasteiger partial charge on any atom is -0.370 e. The summed E-state index contributed by atoms with van der Waals surface area (Å²) < 4.78 is 26.8. The molecule has 1 fully saturated rings. The van der Waals surface area contributed by atoms with Gasteiger partial charge in [0.05, 0.1) is 39.1 Å². The standard InChI is InChI=1S/C40H68N23O12P/c1-21(64)51-13-26(65)56-23(7-4-10-48-37(41)42)33(69)52-14-27(66)57-24(8-5-11-49-38(43)44)34(70)53-15-28(67)58-25(9-6-12-50-39(45)46)35(71)54-16-29(68)62-17-22(19-74-76(73)61(2)3)75-30(18-62)63-20-55-31-32(63)59-40(47)60-36(31)72/h20,22-25,30H,4-19H2,1-3H3,(H21-,41,42,43,44,45,46,47,48,49,50,51,52,53,54,56,57,58,59,60,64,65,66,67,69,70,71,72)/p+1/t22-,23-,24-,25-,30+/m0/s1. The SMILES string of the molecule is CC(=O)NCC(=O)N[C@@H](CCCN=C(N)N)C(=O)NCC(=O)N[C@@H](CCCN=C(N)N)C(=O)NCC(=O)N[C@@H](CCCN=C(N)N)C(=O)NCC(=O)N1C[C@@H](CO[P+](=O)N(C)C)O[C@@H](n2cnc3c(=O)[nH]c(N)nc32)C1. The van der Waals surface area contributed by atoms with Crippen LogP contribution in [0.4, 0.5) is 5.95 Å². The lowest BCUT2D eigenvalue weighted by atomic mass is 10.1. The number of amides is 8. The lowest BCUT2D eigenvalue weighted by Crippen LogP contribution is -2.55. The number of aliphatic imine (C=N–C) groups is 3. The second-order valence-corrected chi connectivity index (χ2v) is 18.5. The van der Waals surface area contributed by atoms with Gasteiger partial charge in [-0.1, -0.05) is 4.67 Å². The van der Waals surface area contributed by atoms with Crippen molar-refractivity contribution < 1.29 is 52.2 Å². The van der Waals surface area contributed by atoms with E-state index in [4.69, 9.17) is 49.4 Å². The van der Waals surface area contributed by atoms with Crippen molar-refractivity contribution in [2.24, 2.45) is 49.4 Å². The number of rotatable bonds is 31. The van der Waals surface area contributed by atoms with E-state index in [0.717, 1.165) is 0 Å². The van der Waals surface area contributed by atoms with Crippen LogP contribution in [0, 0.1) is 0 Å². The molecule has 0 aliphatic carbocycles. The summed E-state index contributed by atoms with van der Waals surface area (Å²) >= 11 is 0. The van der Waals surface area contributed by atoms with Crippen molar-refractivity contribution in [3.63, 3.8) is 0 Å². The third-order valence-electron chi connectivity index (χ3n) is 10.5. The highest BCUT2D eigenvalue weighted by Gasteiger charge is 2.36. The monoisotopic (exact) mass is 1090 g/mol. The third-order valence-corrected chi connectivity index (χ3v) is 11.5. The van der Waals surface area contributed by atoms with Crippen LogP contribution < -0.4 is 82.9 Å². The van der Waals surface area contributed by atoms with Gasteiger partial charge in [-0.3, -0.25) is 67.7 Å². The number of nitrogens with two attached hydrogens (primary N) is 7. The summed E-state index contributed by atoms with van der Waals surface area (Å²) in [5.41, 5.74) is 37.6. The molecule has 35 nitrogen and oxygen atoms in total. The first-order chi connectivity index (χ1) is 35.9. The highest BCUT2D eigenvalue weighted by Crippen LogP contribution is 2.28. The van der Waals surface area contributed by atoms with E-state index in [9.17, 15) is 47.7 Å². The maximum Gasteiger partial charge on any atom is 0.615 e. The highest BCUT2D eigenvalue weighted by atomic mass is 31.1. The van der Waals surface area contributed by atoms with Gasteiger partial charge < -0.3 is 87.0 Å². The summed E-state index contributed by atoms with van der Waals surface area (Å²) in [6, 6.07) is -3.79. The van der Waals surface area contributed by atoms with Gasteiger partial charge >= 0.3 is 8.18 Å². The first-order valence-corrected chi connectivity index (χ1v) is 24.6. The van der Waals surface area contributed by atoms with Crippen LogP contribution in [0.5, 0.6) is 0 Å². The number of nitrogens with zero attached hydrogens (tertiary/aromatic N) is 8. The van der Waals surface area contributed by atoms with E-state index in [1.165, 1.54) is 41.5 Å². The number of carbonyl (C=O) groups excluding carboxylic acids is 8. The van der Waals surface area contributed by atoms with E-state index in [1.807, 2.05) is 0 Å². The molecule has 0 aromatic carbocycles. The van der Waals surface area contributed by atoms with E-state index in [-0.39, 0.29) is 113 Å². The molecule has 420 valence electrons. The summed E-state index contributed by atoms with van der Waals surface area (Å²) in [6.07, 6.45) is -0.111. The van der Waals surface area contributed by atoms with E-state index < -0.39 is 118 Å². The number of fused-ring (bicyclic) bond motifs is 1. The van der Waals surface area contributed by atoms with Gasteiger partial charge in [0.15, 0.2) is 35.3 Å². The Balaban J connectivity index is 1.71. The molecule has 0 bridgehead atoms. The lowest BCUT2D eigenvalue weighted by Gasteiger charge is -2.37. The summed E-state index contributed by atoms with van der Waals surface area (Å²) in [6.45, 7) is -1.43. The first kappa shape index (κ1) is 62.0. The molecule has 0 saturated carbocycles. The molecule has 8 amide bonds. The Morgan fingerprint density at radius 2 is 1.20 bits per heavy atom. The third kappa shape index (κ3) is 22.4. The Bertz CT molecular complexity index is 2520. The van der Waals surface area contributed by atoms with Gasteiger partial charge in [-0.2, -0.15) is 4.98 Å². The lowest BCUT2D eigenvalue weighted by molar-refractivity contribution is -0.157. The Morgan fingerprint density at radius 1 is 0.750 bits per heavy atom. The van der Waals surface area contributed by atoms with Crippen molar-refractivity contribution in [1.29, 1.82) is 0 Å². The largest absolute Gasteiger partial charge is 0.615 e. The number of ether oxygens (including phenoxy) is 1. The first-order valence-electron chi connectivity index (χ1n) is 23.5. The summed E-state index contributed by atoms with van der Waals surface area (Å²) in [7, 11) is 0.818. The maximum absolute atomic E-state index is 13.8. The summed E-state index contributed by atoms with van der Waals surface area (Å²) in [4.78, 5) is 140. The van der Waals surface area contributed by atoms with Gasteiger partial charge in [0.25, 0.3) is 5.56 Å². The van der Waals surface area contributed by atoms with Crippen LogP contribution in [0.2, 0.25) is 0 Å². The number of hydrogen-bond donors (Lipinski definition) is 15. The van der Waals surface area contributed by atoms with Gasteiger partial charge in [-0.05, 0) is 43.1 Å². The minimum atomic E-state index is -2.26. The Hall–Kier alpha value is -8.30. The molecule has 1 aliphatic heterocycles. The molecule has 1 unspecified atom stereocenters. The van der Waals surface area contributed by atoms with Crippen LogP contribution in [0.15, 0.2) is 26.1 Å². The van der Waals surface area contributed by atoms with Gasteiger partial charge in [0.1, 0.15) is 30.8 Å². The molecule has 36 heteroatoms. The number of aromatic nitrogens is 4. The Kier molecular flexibility index (Phi) is 25.6. The van der Waals surface area contributed by atoms with Gasteiger partial charge in [0.2, 0.25) is 53.2 Å². The maximum atomic E-state index is 13.8. The van der Waals surface area contributed by atoms with Crippen LogP contribution in [0.1, 0.15) is 51.7 Å². The van der Waals surface area contributed by atoms with Crippen LogP contribution in [0.3, 0.4) is 0 Å². The van der Waals surface area contributed by atoms with Crippen LogP contribution in [0.25, 0.3) is 11.2 Å². The number of H-pyrrole nitrogens is 1. The van der Waals surface area contributed by atoms with Crippen molar-refractivity contribution >= 4 is 90.4 Å². The molecule has 1 aliphatic rings. The van der Waals surface area contributed by atoms with Crippen molar-refractivity contribution in [2.75, 3.05) is 85.3 Å². The van der Waals surface area contributed by atoms with Crippen LogP contribution in [-0.2, 0) is 52.2 Å². The number of imidazole rings is 1. The van der Waals surface area contributed by atoms with Gasteiger partial charge in [-0.25, -0.2) is 4.98 Å².